The van der Waals surface area contributed by atoms with Gasteiger partial charge in [-0.05, 0) is 11.8 Å². The summed E-state index contributed by atoms with van der Waals surface area (Å²) in [7, 11) is 1.77. The van der Waals surface area contributed by atoms with Crippen LogP contribution >= 0.6 is 0 Å². The van der Waals surface area contributed by atoms with E-state index in [0.29, 0.717) is 0 Å². The van der Waals surface area contributed by atoms with Crippen LogP contribution in [0.15, 0.2) is 17.2 Å². The van der Waals surface area contributed by atoms with E-state index in [1.165, 1.54) is 0 Å². The van der Waals surface area contributed by atoms with Crippen LogP contribution in [-0.4, -0.2) is 9.13 Å². The SMILES string of the molecule is Cn1ccn(CCC(C)(C)C)c1=O. The van der Waals surface area contributed by atoms with E-state index in [-0.39, 0.29) is 11.1 Å². The fraction of sp³-hybridized carbons (Fsp3) is 0.700. The standard InChI is InChI=1S/C10H18N2O/c1-10(2,3)5-6-12-8-7-11(4)9(12)13/h7-8H,5-6H2,1-4H3. The van der Waals surface area contributed by atoms with Crippen LogP contribution in [-0.2, 0) is 13.6 Å². The van der Waals surface area contributed by atoms with E-state index in [0.717, 1.165) is 13.0 Å². The summed E-state index contributed by atoms with van der Waals surface area (Å²) in [6, 6.07) is 0. The number of rotatable bonds is 2. The van der Waals surface area contributed by atoms with Gasteiger partial charge in [0.15, 0.2) is 0 Å². The Balaban J connectivity index is 2.66. The molecular formula is C10H18N2O. The lowest BCUT2D eigenvalue weighted by atomic mass is 9.92. The third kappa shape index (κ3) is 2.76. The molecule has 0 aliphatic carbocycles. The van der Waals surface area contributed by atoms with E-state index in [1.54, 1.807) is 22.4 Å². The van der Waals surface area contributed by atoms with E-state index >= 15 is 0 Å². The Hall–Kier alpha value is -0.990. The molecule has 1 aromatic rings. The smallest absolute Gasteiger partial charge is 0.302 e. The molecule has 1 heterocycles. The molecule has 1 aromatic heterocycles. The first-order valence-corrected chi connectivity index (χ1v) is 4.62. The zero-order valence-electron chi connectivity index (χ0n) is 8.87. The molecule has 74 valence electrons. The number of aryl methyl sites for hydroxylation is 2. The molecule has 0 spiro atoms. The average Bonchev–Trinajstić information content (AvgIpc) is 2.29. The predicted molar refractivity (Wildman–Crippen MR) is 53.7 cm³/mol. The summed E-state index contributed by atoms with van der Waals surface area (Å²) in [6.07, 6.45) is 4.66. The zero-order chi connectivity index (χ0) is 10.1. The number of imidazole rings is 1. The van der Waals surface area contributed by atoms with Crippen molar-refractivity contribution in [1.82, 2.24) is 9.13 Å². The van der Waals surface area contributed by atoms with E-state index in [4.69, 9.17) is 0 Å². The maximum Gasteiger partial charge on any atom is 0.327 e. The lowest BCUT2D eigenvalue weighted by Gasteiger charge is -2.17. The highest BCUT2D eigenvalue weighted by atomic mass is 16.1. The first kappa shape index (κ1) is 10.1. The Morgan fingerprint density at radius 2 is 1.92 bits per heavy atom. The molecule has 0 unspecified atom stereocenters. The van der Waals surface area contributed by atoms with Crippen molar-refractivity contribution in [2.45, 2.75) is 33.7 Å². The van der Waals surface area contributed by atoms with Gasteiger partial charge in [-0.3, -0.25) is 4.57 Å². The second-order valence-electron chi connectivity index (χ2n) is 4.70. The van der Waals surface area contributed by atoms with Crippen molar-refractivity contribution in [2.24, 2.45) is 12.5 Å². The number of nitrogens with zero attached hydrogens (tertiary/aromatic N) is 2. The van der Waals surface area contributed by atoms with Crippen LogP contribution in [0.4, 0.5) is 0 Å². The highest BCUT2D eigenvalue weighted by Gasteiger charge is 2.10. The quantitative estimate of drug-likeness (QED) is 0.682. The minimum atomic E-state index is 0.0734. The molecule has 1 rings (SSSR count). The first-order chi connectivity index (χ1) is 5.90. The minimum Gasteiger partial charge on any atom is -0.302 e. The van der Waals surface area contributed by atoms with Gasteiger partial charge in [0.05, 0.1) is 0 Å². The third-order valence-electron chi connectivity index (χ3n) is 2.12. The van der Waals surface area contributed by atoms with Crippen molar-refractivity contribution >= 4 is 0 Å². The van der Waals surface area contributed by atoms with Gasteiger partial charge in [0, 0.05) is 26.0 Å². The lowest BCUT2D eigenvalue weighted by Crippen LogP contribution is -2.23. The zero-order valence-corrected chi connectivity index (χ0v) is 8.87. The number of hydrogen-bond acceptors (Lipinski definition) is 1. The van der Waals surface area contributed by atoms with E-state index in [9.17, 15) is 4.79 Å². The monoisotopic (exact) mass is 182 g/mol. The maximum absolute atomic E-state index is 11.4. The van der Waals surface area contributed by atoms with Gasteiger partial charge in [0.2, 0.25) is 0 Å². The Labute approximate surface area is 79.0 Å². The Morgan fingerprint density at radius 3 is 2.31 bits per heavy atom. The van der Waals surface area contributed by atoms with Crippen molar-refractivity contribution in [3.63, 3.8) is 0 Å². The van der Waals surface area contributed by atoms with Crippen LogP contribution in [0.5, 0.6) is 0 Å². The number of hydrogen-bond donors (Lipinski definition) is 0. The van der Waals surface area contributed by atoms with Gasteiger partial charge in [-0.2, -0.15) is 0 Å². The fourth-order valence-electron chi connectivity index (χ4n) is 1.14. The molecule has 0 aromatic carbocycles. The molecule has 13 heavy (non-hydrogen) atoms. The van der Waals surface area contributed by atoms with Gasteiger partial charge >= 0.3 is 5.69 Å². The first-order valence-electron chi connectivity index (χ1n) is 4.62. The Kier molecular flexibility index (Phi) is 2.64. The summed E-state index contributed by atoms with van der Waals surface area (Å²) >= 11 is 0. The van der Waals surface area contributed by atoms with Crippen LogP contribution in [0.2, 0.25) is 0 Å². The molecule has 0 saturated carbocycles. The minimum absolute atomic E-state index is 0.0734. The molecule has 0 atom stereocenters. The lowest BCUT2D eigenvalue weighted by molar-refractivity contribution is 0.347. The second kappa shape index (κ2) is 3.40. The summed E-state index contributed by atoms with van der Waals surface area (Å²) in [4.78, 5) is 11.4. The van der Waals surface area contributed by atoms with Gasteiger partial charge in [0.25, 0.3) is 0 Å². The van der Waals surface area contributed by atoms with Crippen LogP contribution in [0.1, 0.15) is 27.2 Å². The number of aromatic nitrogens is 2. The highest BCUT2D eigenvalue weighted by molar-refractivity contribution is 4.80. The molecule has 0 aliphatic heterocycles. The van der Waals surface area contributed by atoms with Crippen molar-refractivity contribution in [1.29, 1.82) is 0 Å². The predicted octanol–water partition coefficient (Wildman–Crippen LogP) is 1.62. The van der Waals surface area contributed by atoms with Crippen LogP contribution in [0, 0.1) is 5.41 Å². The summed E-state index contributed by atoms with van der Waals surface area (Å²) < 4.78 is 3.36. The van der Waals surface area contributed by atoms with E-state index < -0.39 is 0 Å². The van der Waals surface area contributed by atoms with Crippen LogP contribution in [0.25, 0.3) is 0 Å². The molecule has 3 nitrogen and oxygen atoms in total. The molecule has 0 bridgehead atoms. The molecule has 0 N–H and O–H groups in total. The van der Waals surface area contributed by atoms with Gasteiger partial charge in [0.1, 0.15) is 0 Å². The molecule has 0 fully saturated rings. The molecular weight excluding hydrogens is 164 g/mol. The average molecular weight is 182 g/mol. The van der Waals surface area contributed by atoms with Gasteiger partial charge in [-0.15, -0.1) is 0 Å². The topological polar surface area (TPSA) is 26.9 Å². The van der Waals surface area contributed by atoms with Crippen LogP contribution < -0.4 is 5.69 Å². The van der Waals surface area contributed by atoms with Crippen molar-refractivity contribution < 1.29 is 0 Å². The molecule has 0 radical (unpaired) electrons. The van der Waals surface area contributed by atoms with Crippen molar-refractivity contribution in [3.8, 4) is 0 Å². The highest BCUT2D eigenvalue weighted by Crippen LogP contribution is 2.18. The van der Waals surface area contributed by atoms with Crippen LogP contribution in [0.3, 0.4) is 0 Å². The summed E-state index contributed by atoms with van der Waals surface area (Å²) in [6.45, 7) is 7.35. The third-order valence-corrected chi connectivity index (χ3v) is 2.12. The molecule has 0 amide bonds. The van der Waals surface area contributed by atoms with Crippen molar-refractivity contribution in [3.05, 3.63) is 22.9 Å². The summed E-state index contributed by atoms with van der Waals surface area (Å²) in [5, 5.41) is 0. The van der Waals surface area contributed by atoms with Gasteiger partial charge in [-0.25, -0.2) is 4.79 Å². The van der Waals surface area contributed by atoms with E-state index in [2.05, 4.69) is 20.8 Å². The molecule has 3 heteroatoms. The van der Waals surface area contributed by atoms with Gasteiger partial charge in [-0.1, -0.05) is 20.8 Å². The Morgan fingerprint density at radius 1 is 1.31 bits per heavy atom. The summed E-state index contributed by atoms with van der Waals surface area (Å²) in [5.74, 6) is 0. The normalized spacial score (nSPS) is 12.0. The second-order valence-corrected chi connectivity index (χ2v) is 4.70. The summed E-state index contributed by atoms with van der Waals surface area (Å²) in [5.41, 5.74) is 0.360. The molecule has 0 aliphatic rings. The van der Waals surface area contributed by atoms with E-state index in [1.807, 2.05) is 6.20 Å². The van der Waals surface area contributed by atoms with Gasteiger partial charge < -0.3 is 4.57 Å². The maximum atomic E-state index is 11.4. The largest absolute Gasteiger partial charge is 0.327 e. The Bertz CT molecular complexity index is 327. The molecule has 0 saturated heterocycles. The fourth-order valence-corrected chi connectivity index (χ4v) is 1.14. The van der Waals surface area contributed by atoms with Crippen molar-refractivity contribution in [2.75, 3.05) is 0 Å².